The summed E-state index contributed by atoms with van der Waals surface area (Å²) in [4.78, 5) is 37.4. The Hall–Kier alpha value is -3.02. The van der Waals surface area contributed by atoms with Crippen molar-refractivity contribution in [2.24, 2.45) is 28.8 Å². The van der Waals surface area contributed by atoms with E-state index >= 15 is 0 Å². The Morgan fingerprint density at radius 1 is 1.07 bits per heavy atom. The molecule has 7 rings (SSSR count). The average molecular weight is 598 g/mol. The Balaban J connectivity index is 1.08. The molecule has 1 aliphatic carbocycles. The van der Waals surface area contributed by atoms with Gasteiger partial charge in [0.05, 0.1) is 11.8 Å². The highest BCUT2D eigenvalue weighted by atomic mass is 35.5. The van der Waals surface area contributed by atoms with E-state index in [1.165, 1.54) is 6.21 Å². The average Bonchev–Trinajstić information content (AvgIpc) is 3.20. The van der Waals surface area contributed by atoms with E-state index in [4.69, 9.17) is 35.6 Å². The zero-order valence-electron chi connectivity index (χ0n) is 24.1. The Kier molecular flexibility index (Phi) is 7.78. The van der Waals surface area contributed by atoms with Crippen LogP contribution in [0.2, 0.25) is 5.02 Å². The summed E-state index contributed by atoms with van der Waals surface area (Å²) < 4.78 is 18.6. The van der Waals surface area contributed by atoms with Crippen molar-refractivity contribution in [1.82, 2.24) is 5.43 Å². The van der Waals surface area contributed by atoms with Crippen LogP contribution >= 0.6 is 11.6 Å². The monoisotopic (exact) mass is 597 g/mol. The van der Waals surface area contributed by atoms with Crippen LogP contribution in [-0.2, 0) is 24.0 Å². The van der Waals surface area contributed by atoms with Crippen LogP contribution in [-0.4, -0.2) is 42.2 Å². The van der Waals surface area contributed by atoms with E-state index in [2.05, 4.69) is 22.8 Å². The van der Waals surface area contributed by atoms with Crippen molar-refractivity contribution < 1.29 is 33.6 Å². The van der Waals surface area contributed by atoms with Gasteiger partial charge in [-0.1, -0.05) is 43.6 Å². The molecule has 2 aromatic carbocycles. The number of ether oxygens (including phenoxy) is 3. The van der Waals surface area contributed by atoms with Crippen LogP contribution in [0, 0.1) is 30.6 Å². The fourth-order valence-electron chi connectivity index (χ4n) is 6.94. The molecule has 1 spiro atoms. The highest BCUT2D eigenvalue weighted by Gasteiger charge is 2.69. The zero-order chi connectivity index (χ0) is 29.6. The van der Waals surface area contributed by atoms with Gasteiger partial charge in [0.2, 0.25) is 12.1 Å². The standard InChI is InChI=1S/C31H36ClN3O7/c1-17-8-13-23-18(2)27(39-28-31(23)22(17)14-15-30(4,40-28)41-42-31)38-26(36)21-11-9-20(10-12-21)16-33-35-29(37)34-25-7-5-6-24(32)19(25)3/h5-7,9-12,16-18,22-23,27-28H,8,13-15H2,1-4H3,(H2,34,35,37)/b33-16+/t17-,18-,22+,23+,27-,28-,30?,31-/m1/s1. The van der Waals surface area contributed by atoms with Crippen LogP contribution < -0.4 is 10.7 Å². The fourth-order valence-corrected chi connectivity index (χ4v) is 7.12. The molecule has 5 aliphatic rings. The Bertz CT molecular complexity index is 1390. The number of urea groups is 1. The topological polar surface area (TPSA) is 117 Å². The van der Waals surface area contributed by atoms with E-state index in [0.29, 0.717) is 34.2 Å². The van der Waals surface area contributed by atoms with Gasteiger partial charge in [-0.3, -0.25) is 0 Å². The number of carbonyl (C=O) groups is 2. The first-order chi connectivity index (χ1) is 20.1. The molecular formula is C31H36ClN3O7. The van der Waals surface area contributed by atoms with E-state index in [1.54, 1.807) is 42.5 Å². The number of fused-ring (bicyclic) bond motifs is 2. The van der Waals surface area contributed by atoms with Crippen molar-refractivity contribution in [2.75, 3.05) is 5.32 Å². The molecule has 4 aliphatic heterocycles. The first kappa shape index (κ1) is 29.1. The van der Waals surface area contributed by atoms with Crippen molar-refractivity contribution in [3.05, 3.63) is 64.2 Å². The number of carbonyl (C=O) groups excluding carboxylic acids is 2. The summed E-state index contributed by atoms with van der Waals surface area (Å²) in [7, 11) is 0. The lowest BCUT2D eigenvalue weighted by Crippen LogP contribution is -2.70. The van der Waals surface area contributed by atoms with Crippen LogP contribution in [0.15, 0.2) is 47.6 Å². The van der Waals surface area contributed by atoms with Gasteiger partial charge in [-0.2, -0.15) is 5.10 Å². The Morgan fingerprint density at radius 3 is 2.64 bits per heavy atom. The van der Waals surface area contributed by atoms with E-state index < -0.39 is 36.0 Å². The summed E-state index contributed by atoms with van der Waals surface area (Å²) in [6.07, 6.45) is 3.63. The molecule has 4 heterocycles. The molecule has 5 fully saturated rings. The van der Waals surface area contributed by atoms with Gasteiger partial charge in [0.25, 0.3) is 0 Å². The third-order valence-corrected chi connectivity index (χ3v) is 9.77. The number of esters is 1. The molecule has 2 aromatic rings. The predicted octanol–water partition coefficient (Wildman–Crippen LogP) is 6.17. The van der Waals surface area contributed by atoms with Crippen molar-refractivity contribution in [1.29, 1.82) is 0 Å². The molecule has 1 unspecified atom stereocenters. The number of nitrogens with one attached hydrogen (secondary N) is 2. The van der Waals surface area contributed by atoms with Crippen molar-refractivity contribution in [3.63, 3.8) is 0 Å². The van der Waals surface area contributed by atoms with Gasteiger partial charge in [0.15, 0.2) is 11.9 Å². The van der Waals surface area contributed by atoms with Crippen molar-refractivity contribution >= 4 is 35.5 Å². The molecule has 11 heteroatoms. The van der Waals surface area contributed by atoms with Crippen molar-refractivity contribution in [3.8, 4) is 0 Å². The van der Waals surface area contributed by atoms with Gasteiger partial charge >= 0.3 is 12.0 Å². The lowest BCUT2D eigenvalue weighted by Gasteiger charge is -2.59. The maximum atomic E-state index is 13.2. The second-order valence-electron chi connectivity index (χ2n) is 12.0. The summed E-state index contributed by atoms with van der Waals surface area (Å²) in [6.45, 7) is 7.98. The third kappa shape index (κ3) is 5.20. The molecular weight excluding hydrogens is 562 g/mol. The normalized spacial score (nSPS) is 35.3. The van der Waals surface area contributed by atoms with E-state index in [-0.39, 0.29) is 17.8 Å². The van der Waals surface area contributed by atoms with Gasteiger partial charge in [-0.25, -0.2) is 24.8 Å². The number of nitrogens with zero attached hydrogens (tertiary/aromatic N) is 1. The molecule has 2 N–H and O–H groups in total. The molecule has 0 radical (unpaired) electrons. The highest BCUT2D eigenvalue weighted by molar-refractivity contribution is 6.31. The number of hydrogen-bond donors (Lipinski definition) is 2. The maximum absolute atomic E-state index is 13.2. The van der Waals surface area contributed by atoms with Crippen LogP contribution in [0.3, 0.4) is 0 Å². The SMILES string of the molecule is Cc1c(Cl)cccc1NC(=O)N/N=C/c1ccc(C(=O)O[C@@H]2O[C@@H]3OC4(C)CC[C@H]5[C@H](C)CC[C@@H]([C@H]2C)[C@@]35OO4)cc1. The number of benzene rings is 2. The third-order valence-electron chi connectivity index (χ3n) is 9.36. The second-order valence-corrected chi connectivity index (χ2v) is 12.4. The van der Waals surface area contributed by atoms with Gasteiger partial charge in [-0.15, -0.1) is 0 Å². The number of hydrazone groups is 1. The van der Waals surface area contributed by atoms with Gasteiger partial charge < -0.3 is 19.5 Å². The lowest BCUT2D eigenvalue weighted by atomic mass is 9.58. The van der Waals surface area contributed by atoms with Crippen LogP contribution in [0.1, 0.15) is 67.9 Å². The Labute approximate surface area is 249 Å². The summed E-state index contributed by atoms with van der Waals surface area (Å²) in [6, 6.07) is 11.5. The Morgan fingerprint density at radius 2 is 1.86 bits per heavy atom. The fraction of sp³-hybridized carbons (Fsp3) is 0.516. The summed E-state index contributed by atoms with van der Waals surface area (Å²) in [5, 5.41) is 7.24. The first-order valence-electron chi connectivity index (χ1n) is 14.5. The van der Waals surface area contributed by atoms with Gasteiger partial charge in [0.1, 0.15) is 0 Å². The minimum atomic E-state index is -0.895. The molecule has 8 atom stereocenters. The molecule has 42 heavy (non-hydrogen) atoms. The zero-order valence-corrected chi connectivity index (χ0v) is 24.9. The number of amides is 2. The van der Waals surface area contributed by atoms with Gasteiger partial charge in [-0.05, 0) is 80.3 Å². The molecule has 4 saturated heterocycles. The molecule has 2 bridgehead atoms. The smallest absolute Gasteiger partial charge is 0.340 e. The number of anilines is 1. The largest absolute Gasteiger partial charge is 0.432 e. The number of rotatable bonds is 5. The van der Waals surface area contributed by atoms with Crippen LogP contribution in [0.25, 0.3) is 0 Å². The lowest BCUT2D eigenvalue weighted by molar-refractivity contribution is -0.576. The quantitative estimate of drug-likeness (QED) is 0.183. The molecule has 224 valence electrons. The van der Waals surface area contributed by atoms with E-state index in [0.717, 1.165) is 24.8 Å². The van der Waals surface area contributed by atoms with Crippen LogP contribution in [0.4, 0.5) is 10.5 Å². The van der Waals surface area contributed by atoms with E-state index in [1.807, 2.05) is 20.8 Å². The van der Waals surface area contributed by atoms with E-state index in [9.17, 15) is 9.59 Å². The highest BCUT2D eigenvalue weighted by Crippen LogP contribution is 2.60. The van der Waals surface area contributed by atoms with Crippen LogP contribution in [0.5, 0.6) is 0 Å². The molecule has 2 amide bonds. The molecule has 0 aromatic heterocycles. The summed E-state index contributed by atoms with van der Waals surface area (Å²) in [5.74, 6) is -0.763. The molecule has 10 nitrogen and oxygen atoms in total. The summed E-state index contributed by atoms with van der Waals surface area (Å²) in [5.41, 5.74) is 4.12. The predicted molar refractivity (Wildman–Crippen MR) is 155 cm³/mol. The second kappa shape index (κ2) is 11.2. The number of hydrogen-bond acceptors (Lipinski definition) is 8. The first-order valence-corrected chi connectivity index (χ1v) is 14.8. The van der Waals surface area contributed by atoms with Gasteiger partial charge in [0, 0.05) is 29.0 Å². The molecule has 1 saturated carbocycles. The van der Waals surface area contributed by atoms with Crippen molar-refractivity contribution in [2.45, 2.75) is 77.3 Å². The number of halogens is 1. The summed E-state index contributed by atoms with van der Waals surface area (Å²) >= 11 is 6.10. The maximum Gasteiger partial charge on any atom is 0.340 e. The minimum Gasteiger partial charge on any atom is -0.432 e. The minimum absolute atomic E-state index is 0.0592.